The van der Waals surface area contributed by atoms with Crippen LogP contribution in [0.25, 0.3) is 0 Å². The molecule has 0 aromatic carbocycles. The number of hydrogen-bond donors (Lipinski definition) is 1. The van der Waals surface area contributed by atoms with Crippen LogP contribution in [0, 0.1) is 0 Å². The first-order valence-electron chi connectivity index (χ1n) is 8.54. The van der Waals surface area contributed by atoms with Crippen molar-refractivity contribution in [2.75, 3.05) is 0 Å². The van der Waals surface area contributed by atoms with Gasteiger partial charge in [0.25, 0.3) is 0 Å². The standard InChI is InChI=1S/C16H34O4S.Na/c1-3-5-9-13-16(21(18,19)20)14-11-8-6-7-10-12-15(17)4-2;/h15-17H,3-14H2,1-2H3,(H,18,19,20);/q;+1/p-1. The predicted molar refractivity (Wildman–Crippen MR) is 86.2 cm³/mol. The van der Waals surface area contributed by atoms with Crippen molar-refractivity contribution in [3.05, 3.63) is 0 Å². The van der Waals surface area contributed by atoms with Crippen molar-refractivity contribution in [1.82, 2.24) is 0 Å². The van der Waals surface area contributed by atoms with Crippen LogP contribution >= 0.6 is 0 Å². The molecule has 1 N–H and O–H groups in total. The Morgan fingerprint density at radius 2 is 1.32 bits per heavy atom. The average molecular weight is 344 g/mol. The summed E-state index contributed by atoms with van der Waals surface area (Å²) in [5, 5.41) is 8.74. The molecule has 128 valence electrons. The summed E-state index contributed by atoms with van der Waals surface area (Å²) in [6.07, 6.45) is 10.3. The summed E-state index contributed by atoms with van der Waals surface area (Å²) in [5.74, 6) is 0. The van der Waals surface area contributed by atoms with Crippen molar-refractivity contribution in [3.8, 4) is 0 Å². The molecule has 0 bridgehead atoms. The van der Waals surface area contributed by atoms with Gasteiger partial charge >= 0.3 is 29.6 Å². The van der Waals surface area contributed by atoms with E-state index in [1.54, 1.807) is 0 Å². The van der Waals surface area contributed by atoms with E-state index >= 15 is 0 Å². The van der Waals surface area contributed by atoms with Crippen LogP contribution in [0.5, 0.6) is 0 Å². The van der Waals surface area contributed by atoms with E-state index in [0.717, 1.165) is 64.2 Å². The monoisotopic (exact) mass is 344 g/mol. The maximum Gasteiger partial charge on any atom is 1.00 e. The van der Waals surface area contributed by atoms with Gasteiger partial charge in [-0.1, -0.05) is 65.2 Å². The van der Waals surface area contributed by atoms with Gasteiger partial charge in [-0.05, 0) is 25.7 Å². The molecule has 6 heteroatoms. The number of aliphatic hydroxyl groups excluding tert-OH is 1. The smallest absolute Gasteiger partial charge is 0.748 e. The summed E-state index contributed by atoms with van der Waals surface area (Å²) in [6.45, 7) is 4.04. The van der Waals surface area contributed by atoms with Gasteiger partial charge in [-0.2, -0.15) is 0 Å². The molecule has 2 atom stereocenters. The number of aliphatic hydroxyl groups is 1. The van der Waals surface area contributed by atoms with Gasteiger partial charge in [0.15, 0.2) is 0 Å². The van der Waals surface area contributed by atoms with Gasteiger partial charge < -0.3 is 9.66 Å². The van der Waals surface area contributed by atoms with Crippen molar-refractivity contribution in [3.63, 3.8) is 0 Å². The van der Waals surface area contributed by atoms with Crippen molar-refractivity contribution in [2.24, 2.45) is 0 Å². The van der Waals surface area contributed by atoms with Crippen LogP contribution in [0.1, 0.15) is 90.9 Å². The molecule has 4 nitrogen and oxygen atoms in total. The molecule has 0 spiro atoms. The van der Waals surface area contributed by atoms with Gasteiger partial charge in [-0.25, -0.2) is 8.42 Å². The van der Waals surface area contributed by atoms with E-state index in [1.165, 1.54) is 0 Å². The first-order valence-corrected chi connectivity index (χ1v) is 10.0. The molecule has 2 unspecified atom stereocenters. The quantitative estimate of drug-likeness (QED) is 0.290. The van der Waals surface area contributed by atoms with Gasteiger partial charge in [-0.3, -0.25) is 0 Å². The first kappa shape index (κ1) is 25.1. The Kier molecular flexibility index (Phi) is 17.6. The minimum absolute atomic E-state index is 0. The van der Waals surface area contributed by atoms with Crippen molar-refractivity contribution >= 4 is 10.1 Å². The van der Waals surface area contributed by atoms with E-state index in [-0.39, 0.29) is 35.7 Å². The van der Waals surface area contributed by atoms with E-state index in [2.05, 4.69) is 6.92 Å². The zero-order valence-electron chi connectivity index (χ0n) is 14.7. The second-order valence-corrected chi connectivity index (χ2v) is 7.67. The fourth-order valence-electron chi connectivity index (χ4n) is 2.54. The van der Waals surface area contributed by atoms with Crippen LogP contribution in [0.15, 0.2) is 0 Å². The molecule has 0 aliphatic heterocycles. The SMILES string of the molecule is CCCCCC(CCCCCCCC(O)CC)S(=O)(=O)[O-].[Na+]. The van der Waals surface area contributed by atoms with Gasteiger partial charge in [0, 0.05) is 5.25 Å². The topological polar surface area (TPSA) is 77.4 Å². The number of hydrogen-bond acceptors (Lipinski definition) is 4. The number of unbranched alkanes of at least 4 members (excludes halogenated alkanes) is 6. The molecule has 0 aliphatic rings. The summed E-state index contributed by atoms with van der Waals surface area (Å²) in [7, 11) is -4.14. The Morgan fingerprint density at radius 3 is 1.77 bits per heavy atom. The van der Waals surface area contributed by atoms with E-state index in [9.17, 15) is 18.1 Å². The van der Waals surface area contributed by atoms with Crippen molar-refractivity contribution < 1.29 is 47.6 Å². The molecule has 0 radical (unpaired) electrons. The average Bonchev–Trinajstić information content (AvgIpc) is 2.42. The molecular weight excluding hydrogens is 311 g/mol. The molecule has 22 heavy (non-hydrogen) atoms. The van der Waals surface area contributed by atoms with Gasteiger partial charge in [-0.15, -0.1) is 0 Å². The largest absolute Gasteiger partial charge is 1.00 e. The first-order chi connectivity index (χ1) is 9.91. The van der Waals surface area contributed by atoms with Gasteiger partial charge in [0.05, 0.1) is 16.2 Å². The molecular formula is C16H33NaO4S. The fourth-order valence-corrected chi connectivity index (χ4v) is 3.45. The summed E-state index contributed by atoms with van der Waals surface area (Å²) in [4.78, 5) is 0. The third-order valence-electron chi connectivity index (χ3n) is 4.07. The second-order valence-electron chi connectivity index (χ2n) is 6.02. The van der Waals surface area contributed by atoms with E-state index in [4.69, 9.17) is 0 Å². The van der Waals surface area contributed by atoms with E-state index < -0.39 is 15.4 Å². The van der Waals surface area contributed by atoms with Gasteiger partial charge in [0.2, 0.25) is 0 Å². The Bertz CT molecular complexity index is 333. The Labute approximate surface area is 159 Å². The minimum atomic E-state index is -4.14. The molecule has 0 aliphatic carbocycles. The second kappa shape index (κ2) is 15.4. The van der Waals surface area contributed by atoms with Crippen LogP contribution in [0.2, 0.25) is 0 Å². The number of rotatable bonds is 14. The summed E-state index contributed by atoms with van der Waals surface area (Å²) in [6, 6.07) is 0. The predicted octanol–water partition coefficient (Wildman–Crippen LogP) is 0.986. The molecule has 0 aromatic heterocycles. The van der Waals surface area contributed by atoms with Crippen LogP contribution in [0.3, 0.4) is 0 Å². The third kappa shape index (κ3) is 14.5. The molecule has 0 rings (SSSR count). The maximum absolute atomic E-state index is 11.2. The molecule has 0 heterocycles. The molecule has 0 aromatic rings. The Balaban J connectivity index is 0. The van der Waals surface area contributed by atoms with Crippen LogP contribution in [0.4, 0.5) is 0 Å². The molecule has 0 amide bonds. The van der Waals surface area contributed by atoms with E-state index in [1.807, 2.05) is 6.92 Å². The van der Waals surface area contributed by atoms with Crippen molar-refractivity contribution in [2.45, 2.75) is 102 Å². The van der Waals surface area contributed by atoms with Crippen molar-refractivity contribution in [1.29, 1.82) is 0 Å². The summed E-state index contributed by atoms with van der Waals surface area (Å²) >= 11 is 0. The Hall–Kier alpha value is 0.870. The van der Waals surface area contributed by atoms with Crippen LogP contribution < -0.4 is 29.6 Å². The minimum Gasteiger partial charge on any atom is -0.748 e. The fraction of sp³-hybridized carbons (Fsp3) is 1.00. The van der Waals surface area contributed by atoms with Crippen LogP contribution in [-0.2, 0) is 10.1 Å². The zero-order valence-corrected chi connectivity index (χ0v) is 17.5. The van der Waals surface area contributed by atoms with Gasteiger partial charge in [0.1, 0.15) is 0 Å². The zero-order chi connectivity index (χ0) is 16.1. The molecule has 0 saturated heterocycles. The van der Waals surface area contributed by atoms with Crippen LogP contribution in [-0.4, -0.2) is 29.4 Å². The summed E-state index contributed by atoms with van der Waals surface area (Å²) < 4.78 is 33.6. The molecule has 0 saturated carbocycles. The summed E-state index contributed by atoms with van der Waals surface area (Å²) in [5.41, 5.74) is 0. The van der Waals surface area contributed by atoms with E-state index in [0.29, 0.717) is 12.8 Å². The third-order valence-corrected chi connectivity index (χ3v) is 5.36. The normalized spacial score (nSPS) is 14.4. The maximum atomic E-state index is 11.2. The Morgan fingerprint density at radius 1 is 0.864 bits per heavy atom. The molecule has 0 fully saturated rings.